The van der Waals surface area contributed by atoms with Gasteiger partial charge in [0.25, 0.3) is 0 Å². The van der Waals surface area contributed by atoms with Crippen LogP contribution >= 0.6 is 0 Å². The van der Waals surface area contributed by atoms with E-state index in [1.165, 1.54) is 0 Å². The molecule has 55 heavy (non-hydrogen) atoms. The first-order valence-corrected chi connectivity index (χ1v) is 19.2. The molecule has 1 fully saturated rings. The van der Waals surface area contributed by atoms with Gasteiger partial charge in [0.2, 0.25) is 23.6 Å². The zero-order valence-electron chi connectivity index (χ0n) is 31.7. The van der Waals surface area contributed by atoms with Gasteiger partial charge in [-0.1, -0.05) is 74.5 Å². The largest absolute Gasteiger partial charge is 0.437 e. The number of benzene rings is 2. The Bertz CT molecular complexity index is 1770. The lowest BCUT2D eigenvalue weighted by Gasteiger charge is -2.44. The highest BCUT2D eigenvalue weighted by molar-refractivity contribution is 5.95. The predicted octanol–water partition coefficient (Wildman–Crippen LogP) is 2.90. The molecule has 0 aliphatic carbocycles. The summed E-state index contributed by atoms with van der Waals surface area (Å²) >= 11 is 0. The summed E-state index contributed by atoms with van der Waals surface area (Å²) in [5, 5.41) is 11.3. The van der Waals surface area contributed by atoms with Crippen molar-refractivity contribution in [2.24, 2.45) is 17.4 Å². The first-order valence-electron chi connectivity index (χ1n) is 19.2. The molecule has 4 atom stereocenters. The van der Waals surface area contributed by atoms with E-state index in [0.717, 1.165) is 16.7 Å². The van der Waals surface area contributed by atoms with Crippen molar-refractivity contribution in [3.05, 3.63) is 95.7 Å². The third-order valence-electron chi connectivity index (χ3n) is 10.1. The van der Waals surface area contributed by atoms with Gasteiger partial charge in [-0.05, 0) is 67.8 Å². The molecule has 3 aromatic rings. The van der Waals surface area contributed by atoms with Gasteiger partial charge in [0.15, 0.2) is 0 Å². The molecule has 0 radical (unpaired) electrons. The summed E-state index contributed by atoms with van der Waals surface area (Å²) in [4.78, 5) is 73.9. The lowest BCUT2D eigenvalue weighted by molar-refractivity contribution is -0.141. The molecule has 14 heteroatoms. The normalized spacial score (nSPS) is 16.8. The van der Waals surface area contributed by atoms with Gasteiger partial charge in [-0.25, -0.2) is 9.78 Å². The summed E-state index contributed by atoms with van der Waals surface area (Å²) in [5.41, 5.74) is 13.6. The number of rotatable bonds is 17. The standard InChI is InChI=1S/C41H54N8O6/c1-27(2)24-33(47-38(52)34(26-29-14-7-4-8-15-29)46-36(50)31(43)25-28-12-5-3-6-13-28)37(51)45-32(17-9-10-20-42)39(53)49-22-18-41(19-23-49)30-16-11-21-44-35(30)48-40(54)55-41/h3-8,11-16,21,27,31-34H,9-10,17-20,22-26,42-43H2,1-2H3,(H,45,51)(H,46,50)(H,47,52)(H,44,48,54)/t31-,32-,33-,34-/m1/s1. The second kappa shape index (κ2) is 19.3. The van der Waals surface area contributed by atoms with Crippen LogP contribution in [0.3, 0.4) is 0 Å². The molecule has 14 nitrogen and oxygen atoms in total. The molecular formula is C41H54N8O6. The van der Waals surface area contributed by atoms with Crippen molar-refractivity contribution in [3.8, 4) is 0 Å². The monoisotopic (exact) mass is 754 g/mol. The van der Waals surface area contributed by atoms with Crippen LogP contribution in [0.2, 0.25) is 0 Å². The summed E-state index contributed by atoms with van der Waals surface area (Å²) in [6.07, 6.45) is 4.11. The van der Waals surface area contributed by atoms with Crippen LogP contribution in [-0.2, 0) is 42.4 Å². The number of nitrogens with zero attached hydrogens (tertiary/aromatic N) is 2. The smallest absolute Gasteiger partial charge is 0.413 e. The quantitative estimate of drug-likeness (QED) is 0.112. The molecular weight excluding hydrogens is 701 g/mol. The molecule has 1 spiro atoms. The molecule has 0 unspecified atom stereocenters. The minimum absolute atomic E-state index is 0.00671. The molecule has 294 valence electrons. The lowest BCUT2D eigenvalue weighted by Crippen LogP contribution is -2.59. The highest BCUT2D eigenvalue weighted by atomic mass is 16.6. The Hall–Kier alpha value is -5.34. The number of hydrogen-bond acceptors (Lipinski definition) is 9. The maximum atomic E-state index is 14.1. The second-order valence-electron chi connectivity index (χ2n) is 14.8. The lowest BCUT2D eigenvalue weighted by atomic mass is 9.83. The Kier molecular flexibility index (Phi) is 14.3. The van der Waals surface area contributed by atoms with E-state index in [1.54, 1.807) is 17.2 Å². The zero-order chi connectivity index (χ0) is 39.4. The molecule has 2 aromatic carbocycles. The van der Waals surface area contributed by atoms with Crippen molar-refractivity contribution in [3.63, 3.8) is 0 Å². The Morgan fingerprint density at radius 3 is 2.05 bits per heavy atom. The van der Waals surface area contributed by atoms with E-state index >= 15 is 0 Å². The average molecular weight is 755 g/mol. The van der Waals surface area contributed by atoms with Gasteiger partial charge < -0.3 is 37.1 Å². The maximum Gasteiger partial charge on any atom is 0.413 e. The van der Waals surface area contributed by atoms with Crippen molar-refractivity contribution in [2.75, 3.05) is 25.0 Å². The fourth-order valence-electron chi connectivity index (χ4n) is 7.20. The van der Waals surface area contributed by atoms with Crippen LogP contribution < -0.4 is 32.7 Å². The first-order chi connectivity index (χ1) is 26.5. The van der Waals surface area contributed by atoms with E-state index in [0.29, 0.717) is 64.0 Å². The van der Waals surface area contributed by atoms with E-state index in [2.05, 4.69) is 26.3 Å². The number of carbonyl (C=O) groups is 5. The number of nitrogens with one attached hydrogen (secondary N) is 4. The van der Waals surface area contributed by atoms with E-state index in [9.17, 15) is 24.0 Å². The van der Waals surface area contributed by atoms with Crippen molar-refractivity contribution in [1.29, 1.82) is 0 Å². The molecule has 2 aliphatic rings. The molecule has 0 bridgehead atoms. The summed E-state index contributed by atoms with van der Waals surface area (Å²) in [7, 11) is 0. The molecule has 5 rings (SSSR count). The fourth-order valence-corrected chi connectivity index (χ4v) is 7.20. The third-order valence-corrected chi connectivity index (χ3v) is 10.1. The first kappa shape index (κ1) is 40.8. The average Bonchev–Trinajstić information content (AvgIpc) is 3.17. The summed E-state index contributed by atoms with van der Waals surface area (Å²) in [5.74, 6) is -1.33. The number of aromatic nitrogens is 1. The molecule has 1 aromatic heterocycles. The van der Waals surface area contributed by atoms with Crippen LogP contribution in [0.25, 0.3) is 0 Å². The van der Waals surface area contributed by atoms with Crippen molar-refractivity contribution in [1.82, 2.24) is 25.8 Å². The number of amides is 5. The van der Waals surface area contributed by atoms with Crippen LogP contribution in [0.1, 0.15) is 69.1 Å². The van der Waals surface area contributed by atoms with Crippen LogP contribution in [0.4, 0.5) is 10.6 Å². The Labute approximate surface area is 322 Å². The van der Waals surface area contributed by atoms with Gasteiger partial charge in [0.05, 0.1) is 6.04 Å². The van der Waals surface area contributed by atoms with Crippen LogP contribution in [0.15, 0.2) is 79.0 Å². The summed E-state index contributed by atoms with van der Waals surface area (Å²) < 4.78 is 5.81. The number of nitrogens with two attached hydrogens (primary N) is 2. The Balaban J connectivity index is 1.28. The number of ether oxygens (including phenoxy) is 1. The van der Waals surface area contributed by atoms with E-state index in [-0.39, 0.29) is 24.7 Å². The van der Waals surface area contributed by atoms with Gasteiger partial charge in [-0.3, -0.25) is 24.5 Å². The number of pyridine rings is 1. The fraction of sp³-hybridized carbons (Fsp3) is 0.463. The summed E-state index contributed by atoms with van der Waals surface area (Å²) in [6.45, 7) is 4.90. The van der Waals surface area contributed by atoms with Crippen molar-refractivity contribution in [2.45, 2.75) is 95.0 Å². The van der Waals surface area contributed by atoms with Crippen molar-refractivity contribution >= 4 is 35.5 Å². The highest BCUT2D eigenvalue weighted by Crippen LogP contribution is 2.42. The number of hydrogen-bond donors (Lipinski definition) is 6. The van der Waals surface area contributed by atoms with Gasteiger partial charge in [0, 0.05) is 44.1 Å². The van der Waals surface area contributed by atoms with Crippen LogP contribution in [0, 0.1) is 5.92 Å². The van der Waals surface area contributed by atoms with Crippen LogP contribution in [0.5, 0.6) is 0 Å². The van der Waals surface area contributed by atoms with E-state index < -0.39 is 53.6 Å². The maximum absolute atomic E-state index is 14.1. The number of piperidine rings is 1. The molecule has 0 saturated carbocycles. The number of fused-ring (bicyclic) bond motifs is 2. The highest BCUT2D eigenvalue weighted by Gasteiger charge is 2.46. The number of likely N-dealkylation sites (tertiary alicyclic amines) is 1. The minimum Gasteiger partial charge on any atom is -0.437 e. The molecule has 1 saturated heterocycles. The minimum atomic E-state index is -1.02. The summed E-state index contributed by atoms with van der Waals surface area (Å²) in [6, 6.07) is 18.5. The molecule has 5 amide bonds. The van der Waals surface area contributed by atoms with E-state index in [4.69, 9.17) is 16.2 Å². The molecule has 2 aliphatic heterocycles. The van der Waals surface area contributed by atoms with Crippen LogP contribution in [-0.4, -0.2) is 83.4 Å². The zero-order valence-corrected chi connectivity index (χ0v) is 31.7. The van der Waals surface area contributed by atoms with E-state index in [1.807, 2.05) is 80.6 Å². The predicted molar refractivity (Wildman–Crippen MR) is 208 cm³/mol. The van der Waals surface area contributed by atoms with Gasteiger partial charge >= 0.3 is 6.09 Å². The van der Waals surface area contributed by atoms with Gasteiger partial charge in [-0.2, -0.15) is 0 Å². The number of unbranched alkanes of at least 4 members (excludes halogenated alkanes) is 1. The van der Waals surface area contributed by atoms with Gasteiger partial charge in [-0.15, -0.1) is 0 Å². The van der Waals surface area contributed by atoms with Crippen molar-refractivity contribution < 1.29 is 28.7 Å². The number of anilines is 1. The number of carbonyl (C=O) groups excluding carboxylic acids is 5. The Morgan fingerprint density at radius 1 is 0.818 bits per heavy atom. The third kappa shape index (κ3) is 11.1. The molecule has 8 N–H and O–H groups in total. The topological polar surface area (TPSA) is 211 Å². The molecule has 3 heterocycles. The van der Waals surface area contributed by atoms with Gasteiger partial charge in [0.1, 0.15) is 29.5 Å². The Morgan fingerprint density at radius 2 is 1.42 bits per heavy atom. The SMILES string of the molecule is CC(C)C[C@@H](NC(=O)[C@@H](Cc1ccccc1)NC(=O)[C@H](N)Cc1ccccc1)C(=O)N[C@H](CCCCN)C(=O)N1CCC2(CC1)OC(=O)Nc1ncccc12. The second-order valence-corrected chi connectivity index (χ2v) is 14.8.